The van der Waals surface area contributed by atoms with Crippen LogP contribution in [-0.2, 0) is 10.2 Å². The van der Waals surface area contributed by atoms with Crippen molar-refractivity contribution in [3.63, 3.8) is 0 Å². The Morgan fingerprint density at radius 2 is 1.05 bits per heavy atom. The van der Waals surface area contributed by atoms with Crippen molar-refractivity contribution in [3.8, 4) is 45.8 Å². The Hall–Kier alpha value is -5.04. The molecule has 0 amide bonds. The smallest absolute Gasteiger partial charge is 0.346 e. The van der Waals surface area contributed by atoms with Gasteiger partial charge in [0.15, 0.2) is 0 Å². The topological polar surface area (TPSA) is 64.3 Å². The lowest BCUT2D eigenvalue weighted by Gasteiger charge is -2.31. The Bertz CT molecular complexity index is 2600. The highest BCUT2D eigenvalue weighted by molar-refractivity contribution is 7.29. The molecule has 4 heterocycles. The molecule has 1 N–H and O–H groups in total. The van der Waals surface area contributed by atoms with Crippen molar-refractivity contribution in [2.75, 3.05) is 4.90 Å². The van der Waals surface area contributed by atoms with Crippen molar-refractivity contribution in [3.05, 3.63) is 143 Å². The SMILES string of the molecule is CCCCCCCCC1(CCCCCCCC)c2cc(-c3ccc(N(c4ccccc4)c4ccccc4)cc3)sc2-c2sc(-c3ccc(-c4ccc(/C=C(\C#N)C(=O)O)s4)s3)cc21. The summed E-state index contributed by atoms with van der Waals surface area (Å²) in [6.45, 7) is 4.60. The van der Waals surface area contributed by atoms with Crippen LogP contribution in [0, 0.1) is 11.3 Å². The van der Waals surface area contributed by atoms with Crippen LogP contribution < -0.4 is 4.90 Å². The number of carbonyl (C=O) groups is 1. The summed E-state index contributed by atoms with van der Waals surface area (Å²) in [4.78, 5) is 23.7. The van der Waals surface area contributed by atoms with E-state index >= 15 is 0 Å². The number of hydrogen-bond donors (Lipinski definition) is 1. The summed E-state index contributed by atoms with van der Waals surface area (Å²) in [6.07, 6.45) is 19.3. The second-order valence-electron chi connectivity index (χ2n) is 16.7. The third kappa shape index (κ3) is 10.0. The van der Waals surface area contributed by atoms with Crippen LogP contribution in [0.1, 0.15) is 120 Å². The maximum atomic E-state index is 11.5. The lowest BCUT2D eigenvalue weighted by Crippen LogP contribution is -2.25. The maximum Gasteiger partial charge on any atom is 0.346 e. The van der Waals surface area contributed by atoms with Gasteiger partial charge in [0.2, 0.25) is 0 Å². The van der Waals surface area contributed by atoms with Gasteiger partial charge in [-0.15, -0.1) is 45.3 Å². The summed E-state index contributed by atoms with van der Waals surface area (Å²) in [6, 6.07) is 45.8. The van der Waals surface area contributed by atoms with Gasteiger partial charge in [0.05, 0.1) is 0 Å². The summed E-state index contributed by atoms with van der Waals surface area (Å²) in [7, 11) is 0. The predicted octanol–water partition coefficient (Wildman–Crippen LogP) is 18.2. The van der Waals surface area contributed by atoms with Gasteiger partial charge in [-0.2, -0.15) is 5.26 Å². The van der Waals surface area contributed by atoms with Crippen molar-refractivity contribution in [1.29, 1.82) is 5.26 Å². The molecule has 0 saturated carbocycles. The van der Waals surface area contributed by atoms with E-state index in [2.05, 4.69) is 128 Å². The number of carboxylic acid groups (broad SMARTS) is 1. The average Bonchev–Trinajstić information content (AvgIpc) is 4.16. The van der Waals surface area contributed by atoms with E-state index in [-0.39, 0.29) is 11.0 Å². The first kappa shape index (κ1) is 44.6. The van der Waals surface area contributed by atoms with Crippen molar-refractivity contribution < 1.29 is 9.90 Å². The molecule has 0 fully saturated rings. The first-order chi connectivity index (χ1) is 30.9. The van der Waals surface area contributed by atoms with Gasteiger partial charge >= 0.3 is 5.97 Å². The van der Waals surface area contributed by atoms with Crippen molar-refractivity contribution >= 4 is 74.5 Å². The molecule has 63 heavy (non-hydrogen) atoms. The molecule has 8 rings (SSSR count). The molecular formula is C55H56N2O2S4. The third-order valence-corrected chi connectivity index (χ3v) is 17.4. The second-order valence-corrected chi connectivity index (χ2v) is 21.0. The molecule has 1 aliphatic rings. The highest BCUT2D eigenvalue weighted by Crippen LogP contribution is 2.62. The number of aliphatic carboxylic acids is 1. The number of rotatable bonds is 22. The zero-order chi connectivity index (χ0) is 43.6. The lowest BCUT2D eigenvalue weighted by molar-refractivity contribution is -0.132. The fourth-order valence-corrected chi connectivity index (χ4v) is 14.0. The van der Waals surface area contributed by atoms with Gasteiger partial charge in [-0.3, -0.25) is 0 Å². The average molecular weight is 905 g/mol. The van der Waals surface area contributed by atoms with Gasteiger partial charge in [-0.05, 0) is 108 Å². The standard InChI is InChI=1S/C55H56N2O2S4/c1-3-5-7-9-11-19-33-55(34-20-12-10-8-6-4-2)45-36-50(39-25-27-43(28-26-39)57(41-21-15-13-16-22-41)42-23-17-14-18-24-42)62-52(45)53-46(55)37-51(63-53)49-32-31-48(61-49)47-30-29-44(60-47)35-40(38-56)54(58)59/h13-18,21-32,35-37H,3-12,19-20,33-34H2,1-2H3,(H,58,59)/b40-35+. The Morgan fingerprint density at radius 1 is 0.571 bits per heavy atom. The van der Waals surface area contributed by atoms with Crippen molar-refractivity contribution in [1.82, 2.24) is 0 Å². The number of nitriles is 1. The van der Waals surface area contributed by atoms with Crippen LogP contribution in [0.4, 0.5) is 17.1 Å². The molecule has 0 bridgehead atoms. The summed E-state index contributed by atoms with van der Waals surface area (Å²) >= 11 is 7.27. The Labute approximate surface area is 389 Å². The number of nitrogens with zero attached hydrogens (tertiary/aromatic N) is 2. The van der Waals surface area contributed by atoms with E-state index in [1.165, 1.54) is 137 Å². The van der Waals surface area contributed by atoms with Gasteiger partial charge in [-0.1, -0.05) is 139 Å². The normalized spacial score (nSPS) is 12.9. The van der Waals surface area contributed by atoms with Crippen LogP contribution in [0.5, 0.6) is 0 Å². The number of anilines is 3. The van der Waals surface area contributed by atoms with Crippen LogP contribution in [0.15, 0.2) is 127 Å². The van der Waals surface area contributed by atoms with Crippen LogP contribution in [-0.4, -0.2) is 11.1 Å². The minimum Gasteiger partial charge on any atom is -0.477 e. The molecule has 0 spiro atoms. The molecule has 0 saturated heterocycles. The summed E-state index contributed by atoms with van der Waals surface area (Å²) in [5, 5.41) is 18.7. The minimum absolute atomic E-state index is 0.00128. The van der Waals surface area contributed by atoms with E-state index in [9.17, 15) is 15.2 Å². The van der Waals surface area contributed by atoms with E-state index in [0.29, 0.717) is 0 Å². The van der Waals surface area contributed by atoms with Crippen molar-refractivity contribution in [2.45, 2.75) is 109 Å². The van der Waals surface area contributed by atoms with E-state index in [4.69, 9.17) is 0 Å². The number of fused-ring (bicyclic) bond motifs is 3. The quantitative estimate of drug-likeness (QED) is 0.0418. The first-order valence-electron chi connectivity index (χ1n) is 22.8. The highest BCUT2D eigenvalue weighted by atomic mass is 32.1. The molecule has 7 aromatic rings. The van der Waals surface area contributed by atoms with Gasteiger partial charge in [-0.25, -0.2) is 4.79 Å². The molecule has 0 atom stereocenters. The van der Waals surface area contributed by atoms with Crippen LogP contribution in [0.25, 0.3) is 45.8 Å². The number of benzene rings is 3. The molecule has 4 aromatic heterocycles. The zero-order valence-corrected chi connectivity index (χ0v) is 39.7. The number of unbranched alkanes of at least 4 members (excludes halogenated alkanes) is 10. The molecule has 3 aromatic carbocycles. The second kappa shape index (κ2) is 21.1. The van der Waals surface area contributed by atoms with E-state index in [1.807, 2.05) is 34.8 Å². The Morgan fingerprint density at radius 3 is 1.60 bits per heavy atom. The maximum absolute atomic E-state index is 11.5. The van der Waals surface area contributed by atoms with Crippen LogP contribution in [0.2, 0.25) is 0 Å². The van der Waals surface area contributed by atoms with E-state index in [1.54, 1.807) is 28.5 Å². The number of thiophene rings is 4. The Kier molecular flexibility index (Phi) is 14.9. The zero-order valence-electron chi connectivity index (χ0n) is 36.4. The van der Waals surface area contributed by atoms with Gasteiger partial charge in [0.25, 0.3) is 0 Å². The fraction of sp³-hybridized carbons (Fsp3) is 0.309. The molecule has 0 unspecified atom stereocenters. The predicted molar refractivity (Wildman–Crippen MR) is 272 cm³/mol. The highest BCUT2D eigenvalue weighted by Gasteiger charge is 2.45. The Balaban J connectivity index is 1.15. The van der Waals surface area contributed by atoms with E-state index in [0.717, 1.165) is 31.7 Å². The van der Waals surface area contributed by atoms with Crippen LogP contribution in [0.3, 0.4) is 0 Å². The lowest BCUT2D eigenvalue weighted by atomic mass is 9.71. The van der Waals surface area contributed by atoms with Crippen LogP contribution >= 0.6 is 45.3 Å². The monoisotopic (exact) mass is 904 g/mol. The molecule has 4 nitrogen and oxygen atoms in total. The number of para-hydroxylation sites is 2. The molecule has 1 aliphatic carbocycles. The molecule has 0 radical (unpaired) electrons. The molecular weight excluding hydrogens is 849 g/mol. The minimum atomic E-state index is -1.20. The number of carboxylic acids is 1. The van der Waals surface area contributed by atoms with Crippen molar-refractivity contribution in [2.24, 2.45) is 0 Å². The largest absolute Gasteiger partial charge is 0.477 e. The number of hydrogen-bond acceptors (Lipinski definition) is 7. The fourth-order valence-electron chi connectivity index (χ4n) is 9.14. The molecule has 8 heteroatoms. The van der Waals surface area contributed by atoms with Gasteiger partial charge < -0.3 is 10.0 Å². The third-order valence-electron chi connectivity index (χ3n) is 12.4. The molecule has 0 aliphatic heterocycles. The summed E-state index contributed by atoms with van der Waals surface area (Å²) < 4.78 is 0. The van der Waals surface area contributed by atoms with E-state index < -0.39 is 5.97 Å². The van der Waals surface area contributed by atoms with Gasteiger partial charge in [0.1, 0.15) is 11.6 Å². The first-order valence-corrected chi connectivity index (χ1v) is 26.0. The summed E-state index contributed by atoms with van der Waals surface area (Å²) in [5.74, 6) is -1.20. The van der Waals surface area contributed by atoms with Gasteiger partial charge in [0, 0.05) is 61.5 Å². The molecule has 322 valence electrons. The summed E-state index contributed by atoms with van der Waals surface area (Å²) in [5.41, 5.74) is 7.54.